The number of ether oxygens (including phenoxy) is 1. The summed E-state index contributed by atoms with van der Waals surface area (Å²) in [7, 11) is 1.71. The second kappa shape index (κ2) is 6.38. The molecule has 0 saturated carbocycles. The van der Waals surface area contributed by atoms with Gasteiger partial charge in [-0.2, -0.15) is 0 Å². The van der Waals surface area contributed by atoms with Crippen LogP contribution in [0.1, 0.15) is 27.7 Å². The van der Waals surface area contributed by atoms with Gasteiger partial charge >= 0.3 is 0 Å². The summed E-state index contributed by atoms with van der Waals surface area (Å²) in [4.78, 5) is 2.24. The Hall–Kier alpha value is -0.120. The summed E-state index contributed by atoms with van der Waals surface area (Å²) in [5.41, 5.74) is -0.622. The summed E-state index contributed by atoms with van der Waals surface area (Å²) >= 11 is 0. The number of rotatable bonds is 7. The molecule has 0 rings (SSSR count). The number of aliphatic hydroxyl groups is 1. The Kier molecular flexibility index (Phi) is 6.33. The molecule has 0 saturated heterocycles. The van der Waals surface area contributed by atoms with E-state index in [0.29, 0.717) is 12.5 Å². The van der Waals surface area contributed by atoms with Crippen molar-refractivity contribution >= 4 is 0 Å². The van der Waals surface area contributed by atoms with Gasteiger partial charge in [0, 0.05) is 26.7 Å². The molecule has 0 fully saturated rings. The van der Waals surface area contributed by atoms with E-state index in [1.807, 2.05) is 13.8 Å². The molecule has 0 bridgehead atoms. The molecule has 0 aliphatic heterocycles. The van der Waals surface area contributed by atoms with Crippen LogP contribution in [0.4, 0.5) is 0 Å². The fourth-order valence-corrected chi connectivity index (χ4v) is 1.52. The van der Waals surface area contributed by atoms with Gasteiger partial charge in [0.15, 0.2) is 0 Å². The molecule has 0 amide bonds. The van der Waals surface area contributed by atoms with Crippen LogP contribution in [0.25, 0.3) is 0 Å². The zero-order chi connectivity index (χ0) is 11.2. The molecule has 0 aliphatic rings. The Morgan fingerprint density at radius 2 is 1.93 bits per heavy atom. The van der Waals surface area contributed by atoms with E-state index in [-0.39, 0.29) is 0 Å². The number of methoxy groups -OCH3 is 1. The Bertz CT molecular complexity index is 141. The zero-order valence-corrected chi connectivity index (χ0v) is 10.2. The largest absolute Gasteiger partial charge is 0.389 e. The highest BCUT2D eigenvalue weighted by Gasteiger charge is 2.18. The molecule has 1 N–H and O–H groups in total. The lowest BCUT2D eigenvalue weighted by Crippen LogP contribution is -2.41. The molecule has 0 aromatic heterocycles. The van der Waals surface area contributed by atoms with Crippen LogP contribution in [-0.2, 0) is 4.74 Å². The van der Waals surface area contributed by atoms with Crippen LogP contribution in [0.15, 0.2) is 0 Å². The summed E-state index contributed by atoms with van der Waals surface area (Å²) in [6, 6.07) is 0. The van der Waals surface area contributed by atoms with Gasteiger partial charge in [-0.3, -0.25) is 4.90 Å². The minimum absolute atomic E-state index is 0.620. The first-order valence-electron chi connectivity index (χ1n) is 5.29. The zero-order valence-electron chi connectivity index (χ0n) is 10.2. The third-order valence-electron chi connectivity index (χ3n) is 1.85. The Morgan fingerprint density at radius 1 is 1.36 bits per heavy atom. The summed E-state index contributed by atoms with van der Waals surface area (Å²) in [6.45, 7) is 11.4. The van der Waals surface area contributed by atoms with E-state index in [2.05, 4.69) is 18.7 Å². The Balaban J connectivity index is 3.97. The van der Waals surface area contributed by atoms with E-state index in [4.69, 9.17) is 4.74 Å². The lowest BCUT2D eigenvalue weighted by molar-refractivity contribution is 0.0238. The van der Waals surface area contributed by atoms with Crippen molar-refractivity contribution in [2.45, 2.75) is 33.3 Å². The topological polar surface area (TPSA) is 32.7 Å². The average Bonchev–Trinajstić information content (AvgIpc) is 1.96. The third-order valence-corrected chi connectivity index (χ3v) is 1.85. The molecule has 0 aromatic rings. The summed E-state index contributed by atoms with van der Waals surface area (Å²) < 4.78 is 5.05. The number of hydrogen-bond donors (Lipinski definition) is 1. The molecule has 0 heterocycles. The molecule has 86 valence electrons. The molecule has 0 unspecified atom stereocenters. The van der Waals surface area contributed by atoms with Gasteiger partial charge in [0.1, 0.15) is 0 Å². The van der Waals surface area contributed by atoms with Crippen molar-refractivity contribution in [1.82, 2.24) is 4.90 Å². The fraction of sp³-hybridized carbons (Fsp3) is 1.00. The summed E-state index contributed by atoms with van der Waals surface area (Å²) in [5.74, 6) is 0.620. The maximum atomic E-state index is 9.72. The van der Waals surface area contributed by atoms with E-state index in [1.54, 1.807) is 7.11 Å². The van der Waals surface area contributed by atoms with Crippen molar-refractivity contribution in [2.24, 2.45) is 5.92 Å². The first-order chi connectivity index (χ1) is 6.35. The average molecular weight is 203 g/mol. The summed E-state index contributed by atoms with van der Waals surface area (Å²) in [6.07, 6.45) is 0. The molecule has 0 spiro atoms. The SMILES string of the molecule is COCCN(CC(C)C)CC(C)(C)O. The summed E-state index contributed by atoms with van der Waals surface area (Å²) in [5, 5.41) is 9.72. The van der Waals surface area contributed by atoms with Crippen molar-refractivity contribution in [1.29, 1.82) is 0 Å². The van der Waals surface area contributed by atoms with Crippen LogP contribution in [0.3, 0.4) is 0 Å². The van der Waals surface area contributed by atoms with Gasteiger partial charge < -0.3 is 9.84 Å². The third kappa shape index (κ3) is 8.48. The first kappa shape index (κ1) is 13.9. The molecule has 0 aromatic carbocycles. The molecule has 0 radical (unpaired) electrons. The lowest BCUT2D eigenvalue weighted by atomic mass is 10.1. The van der Waals surface area contributed by atoms with Crippen LogP contribution < -0.4 is 0 Å². The van der Waals surface area contributed by atoms with E-state index in [9.17, 15) is 5.11 Å². The minimum atomic E-state index is -0.622. The maximum Gasteiger partial charge on any atom is 0.0718 e. The van der Waals surface area contributed by atoms with Crippen LogP contribution in [0, 0.1) is 5.92 Å². The van der Waals surface area contributed by atoms with Crippen molar-refractivity contribution < 1.29 is 9.84 Å². The normalized spacial score (nSPS) is 12.9. The lowest BCUT2D eigenvalue weighted by Gasteiger charge is -2.30. The second-order valence-electron chi connectivity index (χ2n) is 4.93. The van der Waals surface area contributed by atoms with Gasteiger partial charge in [-0.1, -0.05) is 13.8 Å². The van der Waals surface area contributed by atoms with Gasteiger partial charge in [0.2, 0.25) is 0 Å². The molecular formula is C11H25NO2. The van der Waals surface area contributed by atoms with Crippen LogP contribution in [0.5, 0.6) is 0 Å². The highest BCUT2D eigenvalue weighted by atomic mass is 16.5. The van der Waals surface area contributed by atoms with Crippen LogP contribution in [-0.4, -0.2) is 49.0 Å². The molecule has 0 atom stereocenters. The van der Waals surface area contributed by atoms with E-state index >= 15 is 0 Å². The highest BCUT2D eigenvalue weighted by molar-refractivity contribution is 4.72. The van der Waals surface area contributed by atoms with E-state index in [1.165, 1.54) is 0 Å². The van der Waals surface area contributed by atoms with E-state index < -0.39 is 5.60 Å². The van der Waals surface area contributed by atoms with Crippen LogP contribution >= 0.6 is 0 Å². The van der Waals surface area contributed by atoms with Crippen molar-refractivity contribution in [2.75, 3.05) is 33.4 Å². The van der Waals surface area contributed by atoms with Crippen molar-refractivity contribution in [3.05, 3.63) is 0 Å². The van der Waals surface area contributed by atoms with Gasteiger partial charge in [0.25, 0.3) is 0 Å². The monoisotopic (exact) mass is 203 g/mol. The molecular weight excluding hydrogens is 178 g/mol. The maximum absolute atomic E-state index is 9.72. The molecule has 14 heavy (non-hydrogen) atoms. The fourth-order valence-electron chi connectivity index (χ4n) is 1.52. The predicted octanol–water partition coefficient (Wildman–Crippen LogP) is 1.36. The highest BCUT2D eigenvalue weighted by Crippen LogP contribution is 2.07. The Morgan fingerprint density at radius 3 is 2.29 bits per heavy atom. The smallest absolute Gasteiger partial charge is 0.0718 e. The molecule has 3 nitrogen and oxygen atoms in total. The van der Waals surface area contributed by atoms with Gasteiger partial charge in [-0.05, 0) is 19.8 Å². The second-order valence-corrected chi connectivity index (χ2v) is 4.93. The Labute approximate surface area is 88.1 Å². The number of nitrogens with zero attached hydrogens (tertiary/aromatic N) is 1. The molecule has 3 heteroatoms. The number of hydrogen-bond acceptors (Lipinski definition) is 3. The standard InChI is InChI=1S/C11H25NO2/c1-10(2)8-12(6-7-14-5)9-11(3,4)13/h10,13H,6-9H2,1-5H3. The van der Waals surface area contributed by atoms with Gasteiger partial charge in [-0.15, -0.1) is 0 Å². The first-order valence-corrected chi connectivity index (χ1v) is 5.29. The van der Waals surface area contributed by atoms with Gasteiger partial charge in [0.05, 0.1) is 12.2 Å². The van der Waals surface area contributed by atoms with Gasteiger partial charge in [-0.25, -0.2) is 0 Å². The van der Waals surface area contributed by atoms with E-state index in [0.717, 1.165) is 19.7 Å². The van der Waals surface area contributed by atoms with Crippen LogP contribution in [0.2, 0.25) is 0 Å². The van der Waals surface area contributed by atoms with Crippen molar-refractivity contribution in [3.8, 4) is 0 Å². The van der Waals surface area contributed by atoms with Crippen molar-refractivity contribution in [3.63, 3.8) is 0 Å². The quantitative estimate of drug-likeness (QED) is 0.678. The predicted molar refractivity (Wildman–Crippen MR) is 59.5 cm³/mol. The molecule has 0 aliphatic carbocycles. The minimum Gasteiger partial charge on any atom is -0.389 e.